The number of benzene rings is 3. The average Bonchev–Trinajstić information content (AvgIpc) is 3.62. The number of halogens is 3. The van der Waals surface area contributed by atoms with E-state index >= 15 is 0 Å². The highest BCUT2D eigenvalue weighted by Crippen LogP contribution is 2.48. The summed E-state index contributed by atoms with van der Waals surface area (Å²) in [6.07, 6.45) is 2.49. The van der Waals surface area contributed by atoms with E-state index in [9.17, 15) is 13.6 Å². The van der Waals surface area contributed by atoms with Gasteiger partial charge in [-0.2, -0.15) is 0 Å². The van der Waals surface area contributed by atoms with Gasteiger partial charge in [0.05, 0.1) is 12.5 Å². The Labute approximate surface area is 205 Å². The summed E-state index contributed by atoms with van der Waals surface area (Å²) in [6, 6.07) is 15.0. The second-order valence-corrected chi connectivity index (χ2v) is 10.5. The van der Waals surface area contributed by atoms with Crippen LogP contribution in [0.2, 0.25) is 0 Å². The molecule has 7 heteroatoms. The van der Waals surface area contributed by atoms with Crippen LogP contribution in [0.25, 0.3) is 10.8 Å². The number of carbonyl (C=O) groups excluding carboxylic acids is 1. The lowest BCUT2D eigenvalue weighted by Gasteiger charge is -2.43. The third kappa shape index (κ3) is 3.65. The molecule has 6 rings (SSSR count). The summed E-state index contributed by atoms with van der Waals surface area (Å²) >= 11 is 3.62. The standard InChI is InChI=1S/C27H25BrF2N2O2/c28-19-9-16-3-1-2-4-21(16)17(10-19)14-32(20-5-6-20)26(33)23-13-31-8-7-27(23)22-12-25(30)24(29)11-18(22)15-34-27/h1-4,9-12,20,23,31H,5-8,13-15H2. The number of carbonyl (C=O) groups is 1. The second kappa shape index (κ2) is 8.40. The van der Waals surface area contributed by atoms with E-state index < -0.39 is 23.2 Å². The van der Waals surface area contributed by atoms with Crippen molar-refractivity contribution in [2.45, 2.75) is 44.1 Å². The number of amides is 1. The summed E-state index contributed by atoms with van der Waals surface area (Å²) in [5.41, 5.74) is 1.41. The highest BCUT2D eigenvalue weighted by molar-refractivity contribution is 9.10. The molecule has 1 amide bonds. The lowest BCUT2D eigenvalue weighted by molar-refractivity contribution is -0.157. The first-order chi connectivity index (χ1) is 16.5. The van der Waals surface area contributed by atoms with Crippen LogP contribution >= 0.6 is 15.9 Å². The van der Waals surface area contributed by atoms with Crippen LogP contribution < -0.4 is 5.32 Å². The molecule has 2 heterocycles. The Morgan fingerprint density at radius 1 is 1.15 bits per heavy atom. The van der Waals surface area contributed by atoms with Crippen LogP contribution in [0.3, 0.4) is 0 Å². The fourth-order valence-corrected chi connectivity index (χ4v) is 6.19. The van der Waals surface area contributed by atoms with E-state index in [1.54, 1.807) is 0 Å². The van der Waals surface area contributed by atoms with E-state index in [0.29, 0.717) is 37.2 Å². The summed E-state index contributed by atoms with van der Waals surface area (Å²) in [5.74, 6) is -2.27. The van der Waals surface area contributed by atoms with Crippen molar-refractivity contribution in [1.29, 1.82) is 0 Å². The summed E-state index contributed by atoms with van der Waals surface area (Å²) in [6.45, 7) is 1.79. The minimum Gasteiger partial charge on any atom is -0.365 e. The predicted octanol–water partition coefficient (Wildman–Crippen LogP) is 5.41. The largest absolute Gasteiger partial charge is 0.365 e. The van der Waals surface area contributed by atoms with Gasteiger partial charge in [0.25, 0.3) is 0 Å². The number of nitrogens with zero attached hydrogens (tertiary/aromatic N) is 1. The van der Waals surface area contributed by atoms with Crippen molar-refractivity contribution in [2.75, 3.05) is 13.1 Å². The van der Waals surface area contributed by atoms with Gasteiger partial charge in [-0.05, 0) is 77.5 Å². The van der Waals surface area contributed by atoms with Crippen molar-refractivity contribution in [3.63, 3.8) is 0 Å². The van der Waals surface area contributed by atoms with Gasteiger partial charge in [-0.15, -0.1) is 0 Å². The second-order valence-electron chi connectivity index (χ2n) is 9.59. The molecular formula is C27H25BrF2N2O2. The Hall–Kier alpha value is -2.35. The maximum atomic E-state index is 14.3. The van der Waals surface area contributed by atoms with E-state index in [0.717, 1.165) is 33.7 Å². The molecule has 1 spiro atoms. The Morgan fingerprint density at radius 3 is 2.76 bits per heavy atom. The zero-order valence-corrected chi connectivity index (χ0v) is 20.2. The third-order valence-corrected chi connectivity index (χ3v) is 7.95. The van der Waals surface area contributed by atoms with Gasteiger partial charge in [0.1, 0.15) is 5.60 Å². The van der Waals surface area contributed by atoms with Crippen LogP contribution in [0.4, 0.5) is 8.78 Å². The smallest absolute Gasteiger partial charge is 0.230 e. The van der Waals surface area contributed by atoms with Crippen molar-refractivity contribution in [3.8, 4) is 0 Å². The normalized spacial score (nSPS) is 23.9. The predicted molar refractivity (Wildman–Crippen MR) is 129 cm³/mol. The molecule has 1 aliphatic carbocycles. The average molecular weight is 527 g/mol. The first-order valence-corrected chi connectivity index (χ1v) is 12.6. The van der Waals surface area contributed by atoms with Crippen molar-refractivity contribution < 1.29 is 18.3 Å². The minimum absolute atomic E-state index is 0.0105. The van der Waals surface area contributed by atoms with Gasteiger partial charge in [0.2, 0.25) is 5.91 Å². The number of ether oxygens (including phenoxy) is 1. The molecule has 2 unspecified atom stereocenters. The first kappa shape index (κ1) is 22.1. The summed E-state index contributed by atoms with van der Waals surface area (Å²) < 4.78 is 35.4. The van der Waals surface area contributed by atoms with Gasteiger partial charge in [-0.3, -0.25) is 4.79 Å². The van der Waals surface area contributed by atoms with E-state index in [2.05, 4.69) is 45.5 Å². The third-order valence-electron chi connectivity index (χ3n) is 7.49. The zero-order valence-electron chi connectivity index (χ0n) is 18.6. The van der Waals surface area contributed by atoms with E-state index in [1.165, 1.54) is 12.1 Å². The topological polar surface area (TPSA) is 41.6 Å². The van der Waals surface area contributed by atoms with Crippen LogP contribution in [-0.2, 0) is 28.3 Å². The van der Waals surface area contributed by atoms with E-state index in [-0.39, 0.29) is 18.6 Å². The molecule has 0 radical (unpaired) electrons. The van der Waals surface area contributed by atoms with Gasteiger partial charge >= 0.3 is 0 Å². The molecule has 2 aliphatic heterocycles. The monoisotopic (exact) mass is 526 g/mol. The molecule has 4 nitrogen and oxygen atoms in total. The summed E-state index contributed by atoms with van der Waals surface area (Å²) in [7, 11) is 0. The van der Waals surface area contributed by atoms with Crippen LogP contribution in [0.15, 0.2) is 53.0 Å². The molecule has 2 atom stereocenters. The molecule has 0 aromatic heterocycles. The van der Waals surface area contributed by atoms with E-state index in [1.807, 2.05) is 17.0 Å². The van der Waals surface area contributed by atoms with E-state index in [4.69, 9.17) is 4.74 Å². The van der Waals surface area contributed by atoms with Gasteiger partial charge in [-0.25, -0.2) is 8.78 Å². The van der Waals surface area contributed by atoms with Crippen molar-refractivity contribution in [3.05, 3.63) is 81.3 Å². The lowest BCUT2D eigenvalue weighted by Crippen LogP contribution is -2.55. The maximum absolute atomic E-state index is 14.3. The summed E-state index contributed by atoms with van der Waals surface area (Å²) in [5, 5.41) is 5.59. The molecule has 34 heavy (non-hydrogen) atoms. The Balaban J connectivity index is 1.38. The van der Waals surface area contributed by atoms with Crippen molar-refractivity contribution in [1.82, 2.24) is 10.2 Å². The first-order valence-electron chi connectivity index (χ1n) is 11.8. The fraction of sp³-hybridized carbons (Fsp3) is 0.370. The number of fused-ring (bicyclic) bond motifs is 3. The number of rotatable bonds is 4. The number of hydrogen-bond donors (Lipinski definition) is 1. The summed E-state index contributed by atoms with van der Waals surface area (Å²) in [4.78, 5) is 16.1. The molecule has 3 aromatic carbocycles. The van der Waals surface area contributed by atoms with Crippen molar-refractivity contribution >= 4 is 32.6 Å². The Morgan fingerprint density at radius 2 is 1.94 bits per heavy atom. The Kier molecular flexibility index (Phi) is 5.47. The molecule has 1 saturated carbocycles. The highest BCUT2D eigenvalue weighted by Gasteiger charge is 2.53. The molecule has 3 aliphatic rings. The molecule has 176 valence electrons. The highest BCUT2D eigenvalue weighted by atomic mass is 79.9. The quantitative estimate of drug-likeness (QED) is 0.494. The van der Waals surface area contributed by atoms with Crippen LogP contribution in [0, 0.1) is 17.6 Å². The van der Waals surface area contributed by atoms with Crippen molar-refractivity contribution in [2.24, 2.45) is 5.92 Å². The number of hydrogen-bond acceptors (Lipinski definition) is 3. The Bertz CT molecular complexity index is 1300. The maximum Gasteiger partial charge on any atom is 0.230 e. The zero-order chi connectivity index (χ0) is 23.4. The van der Waals surface area contributed by atoms with Crippen LogP contribution in [-0.4, -0.2) is 29.9 Å². The number of piperidine rings is 1. The minimum atomic E-state index is -0.932. The SMILES string of the molecule is O=C(C1CNCCC12OCc1cc(F)c(F)cc12)N(Cc1cc(Br)cc2ccccc12)C1CC1. The molecule has 0 bridgehead atoms. The lowest BCUT2D eigenvalue weighted by atomic mass is 9.75. The van der Waals surface area contributed by atoms with Gasteiger partial charge in [0.15, 0.2) is 11.6 Å². The molecular weight excluding hydrogens is 502 g/mol. The van der Waals surface area contributed by atoms with Gasteiger partial charge in [-0.1, -0.05) is 40.2 Å². The van der Waals surface area contributed by atoms with Gasteiger partial charge < -0.3 is 15.0 Å². The van der Waals surface area contributed by atoms with Crippen LogP contribution in [0.1, 0.15) is 36.0 Å². The molecule has 3 aromatic rings. The fourth-order valence-electron chi connectivity index (χ4n) is 5.66. The number of nitrogens with one attached hydrogen (secondary N) is 1. The van der Waals surface area contributed by atoms with Crippen LogP contribution in [0.5, 0.6) is 0 Å². The molecule has 1 saturated heterocycles. The van der Waals surface area contributed by atoms with Gasteiger partial charge in [0, 0.05) is 23.6 Å². The molecule has 1 N–H and O–H groups in total. The molecule has 2 fully saturated rings.